The quantitative estimate of drug-likeness (QED) is 0.842. The van der Waals surface area contributed by atoms with Gasteiger partial charge in [-0.05, 0) is 20.0 Å². The highest BCUT2D eigenvalue weighted by Crippen LogP contribution is 2.29. The molecule has 0 amide bonds. The van der Waals surface area contributed by atoms with E-state index in [1.165, 1.54) is 5.56 Å². The first-order valence-electron chi connectivity index (χ1n) is 6.58. The Morgan fingerprint density at radius 3 is 3.16 bits per heavy atom. The van der Waals surface area contributed by atoms with Crippen LogP contribution in [0.1, 0.15) is 18.0 Å². The van der Waals surface area contributed by atoms with Gasteiger partial charge in [-0.15, -0.1) is 0 Å². The van der Waals surface area contributed by atoms with Gasteiger partial charge in [-0.1, -0.05) is 0 Å². The third-order valence-corrected chi connectivity index (χ3v) is 3.72. The number of aromatic nitrogens is 3. The van der Waals surface area contributed by atoms with E-state index < -0.39 is 0 Å². The summed E-state index contributed by atoms with van der Waals surface area (Å²) >= 11 is 0. The molecule has 0 saturated carbocycles. The Morgan fingerprint density at radius 1 is 1.42 bits per heavy atom. The van der Waals surface area contributed by atoms with E-state index in [1.54, 1.807) is 13.3 Å². The molecule has 3 rings (SSSR count). The minimum Gasteiger partial charge on any atom is -0.480 e. The van der Waals surface area contributed by atoms with Crippen molar-refractivity contribution in [3.05, 3.63) is 18.0 Å². The van der Waals surface area contributed by atoms with Crippen LogP contribution < -0.4 is 10.1 Å². The van der Waals surface area contributed by atoms with Crippen molar-refractivity contribution < 1.29 is 4.74 Å². The molecule has 2 aromatic rings. The van der Waals surface area contributed by atoms with Crippen LogP contribution in [0.25, 0.3) is 11.2 Å². The molecule has 1 aliphatic heterocycles. The largest absolute Gasteiger partial charge is 0.480 e. The summed E-state index contributed by atoms with van der Waals surface area (Å²) < 4.78 is 5.10. The minimum absolute atomic E-state index is 0.381. The molecule has 1 saturated heterocycles. The highest BCUT2D eigenvalue weighted by Gasteiger charge is 2.23. The lowest BCUT2D eigenvalue weighted by Crippen LogP contribution is -2.26. The van der Waals surface area contributed by atoms with Crippen LogP contribution in [0.4, 0.5) is 0 Å². The van der Waals surface area contributed by atoms with Crippen molar-refractivity contribution in [1.29, 1.82) is 0 Å². The fourth-order valence-corrected chi connectivity index (χ4v) is 2.64. The van der Waals surface area contributed by atoms with Crippen LogP contribution in [0.3, 0.4) is 0 Å². The number of nitrogens with one attached hydrogen (secondary N) is 2. The lowest BCUT2D eigenvalue weighted by molar-refractivity contribution is 0.259. The molecule has 1 aliphatic rings. The van der Waals surface area contributed by atoms with Crippen LogP contribution in [0.5, 0.6) is 5.88 Å². The Hall–Kier alpha value is -1.66. The smallest absolute Gasteiger partial charge is 0.234 e. The van der Waals surface area contributed by atoms with Gasteiger partial charge in [0.2, 0.25) is 5.88 Å². The van der Waals surface area contributed by atoms with Gasteiger partial charge in [-0.25, -0.2) is 4.98 Å². The van der Waals surface area contributed by atoms with Crippen LogP contribution in [0, 0.1) is 0 Å². The van der Waals surface area contributed by atoms with Gasteiger partial charge in [-0.2, -0.15) is 4.98 Å². The molecule has 0 bridgehead atoms. The average Bonchev–Trinajstić information content (AvgIpc) is 2.73. The van der Waals surface area contributed by atoms with Crippen LogP contribution >= 0.6 is 0 Å². The highest BCUT2D eigenvalue weighted by molar-refractivity contribution is 5.75. The van der Waals surface area contributed by atoms with Gasteiger partial charge in [0.05, 0.1) is 13.3 Å². The van der Waals surface area contributed by atoms with Crippen molar-refractivity contribution in [2.75, 3.05) is 33.8 Å². The van der Waals surface area contributed by atoms with Crippen LogP contribution in [0.15, 0.2) is 12.4 Å². The van der Waals surface area contributed by atoms with Crippen molar-refractivity contribution >= 4 is 11.2 Å². The van der Waals surface area contributed by atoms with Gasteiger partial charge in [0.15, 0.2) is 5.65 Å². The molecule has 1 atom stereocenters. The SMILES string of the molecule is COc1cnc2c(C3CCNCCN3C)c[nH]c2n1. The molecule has 0 aromatic carbocycles. The number of nitrogens with zero attached hydrogens (tertiary/aromatic N) is 3. The Labute approximate surface area is 112 Å². The maximum atomic E-state index is 5.10. The standard InChI is InChI=1S/C13H19N5O/c1-18-6-5-14-4-3-10(18)9-7-16-13-12(9)15-8-11(17-13)19-2/h7-8,10,14H,3-6H2,1-2H3,(H,16,17). The molecule has 3 heterocycles. The van der Waals surface area contributed by atoms with E-state index in [0.29, 0.717) is 11.9 Å². The number of aromatic amines is 1. The van der Waals surface area contributed by atoms with Gasteiger partial charge in [0.1, 0.15) is 5.52 Å². The second-order valence-corrected chi connectivity index (χ2v) is 4.89. The Bertz CT molecular complexity index is 567. The lowest BCUT2D eigenvalue weighted by Gasteiger charge is -2.24. The number of rotatable bonds is 2. The molecule has 6 nitrogen and oxygen atoms in total. The maximum absolute atomic E-state index is 5.10. The van der Waals surface area contributed by atoms with E-state index in [0.717, 1.165) is 37.2 Å². The van der Waals surface area contributed by atoms with Gasteiger partial charge in [0.25, 0.3) is 0 Å². The summed E-state index contributed by atoms with van der Waals surface area (Å²) in [4.78, 5) is 14.4. The van der Waals surface area contributed by atoms with Crippen molar-refractivity contribution in [3.8, 4) is 5.88 Å². The zero-order valence-corrected chi connectivity index (χ0v) is 11.3. The van der Waals surface area contributed by atoms with E-state index in [-0.39, 0.29) is 0 Å². The zero-order valence-electron chi connectivity index (χ0n) is 11.3. The minimum atomic E-state index is 0.381. The number of hydrogen-bond donors (Lipinski definition) is 2. The fraction of sp³-hybridized carbons (Fsp3) is 0.538. The van der Waals surface area contributed by atoms with E-state index in [1.807, 2.05) is 6.20 Å². The summed E-state index contributed by atoms with van der Waals surface area (Å²) in [6, 6.07) is 0.381. The third kappa shape index (κ3) is 2.29. The van der Waals surface area contributed by atoms with E-state index >= 15 is 0 Å². The number of likely N-dealkylation sites (N-methyl/N-ethyl adjacent to an activating group) is 1. The van der Waals surface area contributed by atoms with Crippen molar-refractivity contribution in [2.45, 2.75) is 12.5 Å². The normalized spacial score (nSPS) is 21.5. The molecule has 2 N–H and O–H groups in total. The summed E-state index contributed by atoms with van der Waals surface area (Å²) in [5.41, 5.74) is 2.95. The predicted octanol–water partition coefficient (Wildman–Crippen LogP) is 0.933. The first kappa shape index (κ1) is 12.4. The number of hydrogen-bond acceptors (Lipinski definition) is 5. The maximum Gasteiger partial charge on any atom is 0.234 e. The molecule has 102 valence electrons. The first-order valence-corrected chi connectivity index (χ1v) is 6.58. The summed E-state index contributed by atoms with van der Waals surface area (Å²) in [6.45, 7) is 3.11. The Balaban J connectivity index is 1.99. The second-order valence-electron chi connectivity index (χ2n) is 4.89. The van der Waals surface area contributed by atoms with Crippen molar-refractivity contribution in [1.82, 2.24) is 25.2 Å². The average molecular weight is 261 g/mol. The van der Waals surface area contributed by atoms with Crippen molar-refractivity contribution in [3.63, 3.8) is 0 Å². The topological polar surface area (TPSA) is 66.1 Å². The van der Waals surface area contributed by atoms with E-state index in [2.05, 4.69) is 32.2 Å². The number of H-pyrrole nitrogens is 1. The number of methoxy groups -OCH3 is 1. The molecule has 0 radical (unpaired) electrons. The van der Waals surface area contributed by atoms with E-state index in [9.17, 15) is 0 Å². The van der Waals surface area contributed by atoms with Gasteiger partial charge < -0.3 is 15.0 Å². The molecule has 19 heavy (non-hydrogen) atoms. The van der Waals surface area contributed by atoms with Gasteiger partial charge in [-0.3, -0.25) is 4.90 Å². The monoisotopic (exact) mass is 261 g/mol. The highest BCUT2D eigenvalue weighted by atomic mass is 16.5. The number of fused-ring (bicyclic) bond motifs is 1. The third-order valence-electron chi connectivity index (χ3n) is 3.72. The molecular weight excluding hydrogens is 242 g/mol. The molecule has 1 fully saturated rings. The molecule has 0 aliphatic carbocycles. The molecule has 1 unspecified atom stereocenters. The second kappa shape index (κ2) is 5.14. The first-order chi connectivity index (χ1) is 9.29. The summed E-state index contributed by atoms with van der Waals surface area (Å²) in [5, 5.41) is 3.43. The summed E-state index contributed by atoms with van der Waals surface area (Å²) in [6.07, 6.45) is 4.78. The molecule has 2 aromatic heterocycles. The fourth-order valence-electron chi connectivity index (χ4n) is 2.64. The van der Waals surface area contributed by atoms with Crippen LogP contribution in [0.2, 0.25) is 0 Å². The lowest BCUT2D eigenvalue weighted by atomic mass is 10.1. The summed E-state index contributed by atoms with van der Waals surface area (Å²) in [5.74, 6) is 0.539. The predicted molar refractivity (Wildman–Crippen MR) is 73.3 cm³/mol. The summed E-state index contributed by atoms with van der Waals surface area (Å²) in [7, 11) is 3.76. The Kier molecular flexibility index (Phi) is 3.35. The van der Waals surface area contributed by atoms with E-state index in [4.69, 9.17) is 4.74 Å². The van der Waals surface area contributed by atoms with Crippen molar-refractivity contribution in [2.24, 2.45) is 0 Å². The zero-order chi connectivity index (χ0) is 13.2. The molecule has 0 spiro atoms. The van der Waals surface area contributed by atoms with Crippen LogP contribution in [-0.4, -0.2) is 53.6 Å². The molecule has 6 heteroatoms. The molecular formula is C13H19N5O. The van der Waals surface area contributed by atoms with Crippen LogP contribution in [-0.2, 0) is 0 Å². The Morgan fingerprint density at radius 2 is 2.32 bits per heavy atom. The van der Waals surface area contributed by atoms with Gasteiger partial charge in [0, 0.05) is 30.9 Å². The number of ether oxygens (including phenoxy) is 1. The van der Waals surface area contributed by atoms with Gasteiger partial charge >= 0.3 is 0 Å².